The van der Waals surface area contributed by atoms with Gasteiger partial charge in [0.25, 0.3) is 5.91 Å². The molecule has 1 unspecified atom stereocenters. The molecule has 1 aromatic carbocycles. The summed E-state index contributed by atoms with van der Waals surface area (Å²) < 4.78 is 5.44. The number of rotatable bonds is 3. The number of morpholine rings is 1. The number of halogens is 1. The highest BCUT2D eigenvalue weighted by atomic mass is 35.5. The summed E-state index contributed by atoms with van der Waals surface area (Å²) in [6.07, 6.45) is 4.61. The highest BCUT2D eigenvalue weighted by Crippen LogP contribution is 2.22. The Kier molecular flexibility index (Phi) is 6.03. The molecule has 1 saturated heterocycles. The normalized spacial score (nSPS) is 21.0. The summed E-state index contributed by atoms with van der Waals surface area (Å²) >= 11 is 0. The lowest BCUT2D eigenvalue weighted by Gasteiger charge is -2.23. The zero-order chi connectivity index (χ0) is 13.8. The second-order valence-corrected chi connectivity index (χ2v) is 5.59. The molecule has 1 aliphatic carbocycles. The zero-order valence-corrected chi connectivity index (χ0v) is 13.0. The van der Waals surface area contributed by atoms with Crippen LogP contribution in [0.3, 0.4) is 0 Å². The molecular weight excluding hydrogens is 288 g/mol. The minimum atomic E-state index is -0.346. The first-order valence-corrected chi connectivity index (χ1v) is 7.53. The van der Waals surface area contributed by atoms with E-state index in [-0.39, 0.29) is 24.4 Å². The maximum Gasteiger partial charge on any atom is 0.250 e. The lowest BCUT2D eigenvalue weighted by atomic mass is 9.90. The molecule has 0 aromatic heterocycles. The van der Waals surface area contributed by atoms with Crippen molar-refractivity contribution >= 4 is 18.3 Å². The molecule has 1 amide bonds. The first-order valence-electron chi connectivity index (χ1n) is 7.53. The van der Waals surface area contributed by atoms with Gasteiger partial charge in [-0.15, -0.1) is 12.4 Å². The maximum absolute atomic E-state index is 12.0. The van der Waals surface area contributed by atoms with Crippen LogP contribution in [0.25, 0.3) is 0 Å². The van der Waals surface area contributed by atoms with Gasteiger partial charge in [-0.1, -0.05) is 18.2 Å². The molecule has 3 rings (SSSR count). The fourth-order valence-corrected chi connectivity index (χ4v) is 2.93. The number of ether oxygens (including phenoxy) is 1. The maximum atomic E-state index is 12.0. The van der Waals surface area contributed by atoms with E-state index < -0.39 is 0 Å². The lowest BCUT2D eigenvalue weighted by molar-refractivity contribution is -0.134. The molecule has 4 nitrogen and oxygen atoms in total. The van der Waals surface area contributed by atoms with Crippen molar-refractivity contribution in [2.75, 3.05) is 19.7 Å². The topological polar surface area (TPSA) is 50.4 Å². The van der Waals surface area contributed by atoms with Crippen LogP contribution in [0.2, 0.25) is 0 Å². The third-order valence-electron chi connectivity index (χ3n) is 4.10. The van der Waals surface area contributed by atoms with E-state index in [0.29, 0.717) is 19.7 Å². The SMILES string of the molecule is Cl.O=C(NCc1ccc2c(c1)CCCC2)C1CNCCO1. The van der Waals surface area contributed by atoms with Crippen LogP contribution in [0.4, 0.5) is 0 Å². The van der Waals surface area contributed by atoms with Crippen LogP contribution in [0.15, 0.2) is 18.2 Å². The first kappa shape index (κ1) is 16.3. The van der Waals surface area contributed by atoms with Gasteiger partial charge in [0.05, 0.1) is 6.61 Å². The summed E-state index contributed by atoms with van der Waals surface area (Å²) in [5.74, 6) is -0.0186. The number of hydrogen-bond acceptors (Lipinski definition) is 3. The number of fused-ring (bicyclic) bond motifs is 1. The van der Waals surface area contributed by atoms with Crippen molar-refractivity contribution in [3.8, 4) is 0 Å². The van der Waals surface area contributed by atoms with Crippen LogP contribution in [-0.2, 0) is 28.9 Å². The van der Waals surface area contributed by atoms with E-state index in [1.54, 1.807) is 0 Å². The number of hydrogen-bond donors (Lipinski definition) is 2. The number of carbonyl (C=O) groups excluding carboxylic acids is 1. The number of benzene rings is 1. The Balaban J connectivity index is 0.00000161. The van der Waals surface area contributed by atoms with E-state index >= 15 is 0 Å². The molecule has 1 atom stereocenters. The molecule has 0 spiro atoms. The summed E-state index contributed by atoms with van der Waals surface area (Å²) in [5.41, 5.74) is 4.12. The molecule has 21 heavy (non-hydrogen) atoms. The average molecular weight is 311 g/mol. The number of aryl methyl sites for hydroxylation is 2. The van der Waals surface area contributed by atoms with Crippen molar-refractivity contribution in [1.82, 2.24) is 10.6 Å². The largest absolute Gasteiger partial charge is 0.366 e. The molecule has 1 heterocycles. The summed E-state index contributed by atoms with van der Waals surface area (Å²) in [6.45, 7) is 2.63. The molecule has 2 N–H and O–H groups in total. The Morgan fingerprint density at radius 1 is 1.29 bits per heavy atom. The fourth-order valence-electron chi connectivity index (χ4n) is 2.93. The van der Waals surface area contributed by atoms with Gasteiger partial charge in [-0.2, -0.15) is 0 Å². The van der Waals surface area contributed by atoms with Crippen LogP contribution < -0.4 is 10.6 Å². The Hall–Kier alpha value is -1.10. The van der Waals surface area contributed by atoms with Gasteiger partial charge in [-0.05, 0) is 42.4 Å². The van der Waals surface area contributed by atoms with Gasteiger partial charge in [-0.3, -0.25) is 4.79 Å². The fraction of sp³-hybridized carbons (Fsp3) is 0.562. The molecule has 1 fully saturated rings. The number of carbonyl (C=O) groups is 1. The molecule has 0 saturated carbocycles. The Morgan fingerprint density at radius 3 is 2.86 bits per heavy atom. The Labute approximate surface area is 132 Å². The highest BCUT2D eigenvalue weighted by Gasteiger charge is 2.21. The molecule has 2 aliphatic rings. The van der Waals surface area contributed by atoms with Gasteiger partial charge in [-0.25, -0.2) is 0 Å². The lowest BCUT2D eigenvalue weighted by Crippen LogP contribution is -2.47. The molecule has 1 aliphatic heterocycles. The second-order valence-electron chi connectivity index (χ2n) is 5.59. The predicted molar refractivity (Wildman–Crippen MR) is 84.8 cm³/mol. The minimum Gasteiger partial charge on any atom is -0.366 e. The molecular formula is C16H23ClN2O2. The summed E-state index contributed by atoms with van der Waals surface area (Å²) in [4.78, 5) is 12.0. The summed E-state index contributed by atoms with van der Waals surface area (Å²) in [7, 11) is 0. The van der Waals surface area contributed by atoms with E-state index in [4.69, 9.17) is 4.74 Å². The van der Waals surface area contributed by atoms with Gasteiger partial charge in [0.2, 0.25) is 0 Å². The van der Waals surface area contributed by atoms with E-state index in [1.165, 1.54) is 42.4 Å². The first-order chi connectivity index (χ1) is 9.83. The van der Waals surface area contributed by atoms with Crippen molar-refractivity contribution in [1.29, 1.82) is 0 Å². The molecule has 5 heteroatoms. The van der Waals surface area contributed by atoms with Crippen LogP contribution in [0.1, 0.15) is 29.5 Å². The second kappa shape index (κ2) is 7.78. The van der Waals surface area contributed by atoms with E-state index in [0.717, 1.165) is 6.54 Å². The van der Waals surface area contributed by atoms with Crippen LogP contribution in [0, 0.1) is 0 Å². The zero-order valence-electron chi connectivity index (χ0n) is 12.2. The third-order valence-corrected chi connectivity index (χ3v) is 4.10. The smallest absolute Gasteiger partial charge is 0.250 e. The summed E-state index contributed by atoms with van der Waals surface area (Å²) in [5, 5.41) is 6.14. The Bertz CT molecular complexity index is 487. The monoisotopic (exact) mass is 310 g/mol. The third kappa shape index (κ3) is 4.19. The van der Waals surface area contributed by atoms with Gasteiger partial charge in [0.1, 0.15) is 6.10 Å². The van der Waals surface area contributed by atoms with Crippen molar-refractivity contribution in [2.45, 2.75) is 38.3 Å². The van der Waals surface area contributed by atoms with Gasteiger partial charge in [0, 0.05) is 19.6 Å². The van der Waals surface area contributed by atoms with Crippen LogP contribution in [-0.4, -0.2) is 31.7 Å². The number of amides is 1. The quantitative estimate of drug-likeness (QED) is 0.891. The van der Waals surface area contributed by atoms with Crippen LogP contribution in [0.5, 0.6) is 0 Å². The van der Waals surface area contributed by atoms with Gasteiger partial charge < -0.3 is 15.4 Å². The van der Waals surface area contributed by atoms with Gasteiger partial charge in [0.15, 0.2) is 0 Å². The van der Waals surface area contributed by atoms with Crippen molar-refractivity contribution in [3.05, 3.63) is 34.9 Å². The van der Waals surface area contributed by atoms with Crippen LogP contribution >= 0.6 is 12.4 Å². The van der Waals surface area contributed by atoms with Crippen molar-refractivity contribution < 1.29 is 9.53 Å². The van der Waals surface area contributed by atoms with E-state index in [1.807, 2.05) is 0 Å². The van der Waals surface area contributed by atoms with E-state index in [9.17, 15) is 4.79 Å². The van der Waals surface area contributed by atoms with Gasteiger partial charge >= 0.3 is 0 Å². The van der Waals surface area contributed by atoms with Crippen molar-refractivity contribution in [2.24, 2.45) is 0 Å². The summed E-state index contributed by atoms with van der Waals surface area (Å²) in [6, 6.07) is 6.59. The minimum absolute atomic E-state index is 0. The van der Waals surface area contributed by atoms with Crippen molar-refractivity contribution in [3.63, 3.8) is 0 Å². The number of nitrogens with one attached hydrogen (secondary N) is 2. The standard InChI is InChI=1S/C16H22N2O2.ClH/c19-16(15-11-17-7-8-20-15)18-10-12-5-6-13-3-1-2-4-14(13)9-12;/h5-6,9,15,17H,1-4,7-8,10-11H2,(H,18,19);1H. The molecule has 0 radical (unpaired) electrons. The average Bonchev–Trinajstić information content (AvgIpc) is 2.53. The molecule has 0 bridgehead atoms. The highest BCUT2D eigenvalue weighted by molar-refractivity contribution is 5.85. The van der Waals surface area contributed by atoms with E-state index in [2.05, 4.69) is 28.8 Å². The Morgan fingerprint density at radius 2 is 2.10 bits per heavy atom. The predicted octanol–water partition coefficient (Wildman–Crippen LogP) is 1.59. The molecule has 116 valence electrons. The molecule has 1 aromatic rings.